The Labute approximate surface area is 104 Å². The Morgan fingerprint density at radius 2 is 2.39 bits per heavy atom. The number of anilines is 1. The van der Waals surface area contributed by atoms with Crippen LogP contribution >= 0.6 is 0 Å². The Balaban J connectivity index is 1.99. The number of aromatic nitrogens is 2. The zero-order chi connectivity index (χ0) is 13.1. The summed E-state index contributed by atoms with van der Waals surface area (Å²) in [7, 11) is 0. The van der Waals surface area contributed by atoms with Gasteiger partial charge in [0, 0.05) is 12.6 Å². The summed E-state index contributed by atoms with van der Waals surface area (Å²) in [5.41, 5.74) is -0.203. The molecule has 2 rings (SSSR count). The predicted octanol–water partition coefficient (Wildman–Crippen LogP) is 0.991. The molecule has 2 unspecified atom stereocenters. The van der Waals surface area contributed by atoms with Crippen molar-refractivity contribution >= 4 is 11.8 Å². The van der Waals surface area contributed by atoms with Gasteiger partial charge >= 0.3 is 5.97 Å². The van der Waals surface area contributed by atoms with Gasteiger partial charge in [-0.15, -0.1) is 0 Å². The number of hydrogen-bond acceptors (Lipinski definition) is 4. The number of nitrogens with one attached hydrogen (secondary N) is 2. The molecule has 1 aliphatic carbocycles. The highest BCUT2D eigenvalue weighted by Gasteiger charge is 2.32. The second-order valence-corrected chi connectivity index (χ2v) is 4.73. The molecular weight excluding hydrogens is 234 g/mol. The number of aryl methyl sites for hydroxylation is 1. The molecule has 0 saturated heterocycles. The van der Waals surface area contributed by atoms with E-state index in [0.717, 1.165) is 19.3 Å². The molecule has 0 amide bonds. The SMILES string of the molecule is Cc1nc(NCC2CCCC2C(=O)O)cc(=O)[nH]1. The lowest BCUT2D eigenvalue weighted by molar-refractivity contribution is -0.142. The van der Waals surface area contributed by atoms with E-state index in [0.29, 0.717) is 18.2 Å². The molecular formula is C12H17N3O3. The Bertz CT molecular complexity index is 498. The molecule has 6 heteroatoms. The van der Waals surface area contributed by atoms with Gasteiger partial charge in [-0.05, 0) is 25.7 Å². The Morgan fingerprint density at radius 3 is 3.06 bits per heavy atom. The van der Waals surface area contributed by atoms with Crippen molar-refractivity contribution in [1.82, 2.24) is 9.97 Å². The minimum Gasteiger partial charge on any atom is -0.481 e. The molecule has 3 N–H and O–H groups in total. The number of carboxylic acids is 1. The van der Waals surface area contributed by atoms with Crippen molar-refractivity contribution in [2.45, 2.75) is 26.2 Å². The van der Waals surface area contributed by atoms with Crippen LogP contribution < -0.4 is 10.9 Å². The summed E-state index contributed by atoms with van der Waals surface area (Å²) in [6.45, 7) is 2.26. The minimum atomic E-state index is -0.727. The fourth-order valence-electron chi connectivity index (χ4n) is 2.51. The first-order chi connectivity index (χ1) is 8.56. The third kappa shape index (κ3) is 2.88. The zero-order valence-electron chi connectivity index (χ0n) is 10.3. The van der Waals surface area contributed by atoms with E-state index in [2.05, 4.69) is 15.3 Å². The maximum absolute atomic E-state index is 11.3. The topological polar surface area (TPSA) is 95.1 Å². The fraction of sp³-hybridized carbons (Fsp3) is 0.583. The standard InChI is InChI=1S/C12H17N3O3/c1-7-14-10(5-11(16)15-7)13-6-8-3-2-4-9(8)12(17)18/h5,8-9H,2-4,6H2,1H3,(H,17,18)(H2,13,14,15,16). The van der Waals surface area contributed by atoms with Crippen LogP contribution in [0.25, 0.3) is 0 Å². The first kappa shape index (κ1) is 12.6. The lowest BCUT2D eigenvalue weighted by atomic mass is 9.96. The molecule has 1 fully saturated rings. The van der Waals surface area contributed by atoms with Crippen LogP contribution in [-0.4, -0.2) is 27.6 Å². The van der Waals surface area contributed by atoms with Gasteiger partial charge in [-0.25, -0.2) is 4.98 Å². The molecule has 6 nitrogen and oxygen atoms in total. The van der Waals surface area contributed by atoms with E-state index < -0.39 is 5.97 Å². The van der Waals surface area contributed by atoms with Crippen LogP contribution in [0.4, 0.5) is 5.82 Å². The summed E-state index contributed by atoms with van der Waals surface area (Å²) in [6.07, 6.45) is 2.60. The second-order valence-electron chi connectivity index (χ2n) is 4.73. The van der Waals surface area contributed by atoms with Crippen molar-refractivity contribution in [1.29, 1.82) is 0 Å². The van der Waals surface area contributed by atoms with E-state index in [1.54, 1.807) is 6.92 Å². The van der Waals surface area contributed by atoms with Crippen molar-refractivity contribution in [3.63, 3.8) is 0 Å². The average molecular weight is 251 g/mol. The highest BCUT2D eigenvalue weighted by Crippen LogP contribution is 2.31. The molecule has 2 atom stereocenters. The van der Waals surface area contributed by atoms with Gasteiger partial charge in [0.15, 0.2) is 0 Å². The van der Waals surface area contributed by atoms with Crippen LogP contribution in [0.3, 0.4) is 0 Å². The molecule has 1 saturated carbocycles. The summed E-state index contributed by atoms with van der Waals surface area (Å²) in [6, 6.07) is 1.39. The van der Waals surface area contributed by atoms with E-state index in [1.165, 1.54) is 6.07 Å². The monoisotopic (exact) mass is 251 g/mol. The molecule has 1 aromatic heterocycles. The van der Waals surface area contributed by atoms with Crippen LogP contribution in [0.1, 0.15) is 25.1 Å². The third-order valence-electron chi connectivity index (χ3n) is 3.38. The quantitative estimate of drug-likeness (QED) is 0.741. The number of hydrogen-bond donors (Lipinski definition) is 3. The van der Waals surface area contributed by atoms with Crippen LogP contribution in [0.15, 0.2) is 10.9 Å². The summed E-state index contributed by atoms with van der Waals surface area (Å²) in [5.74, 6) is 0.164. The average Bonchev–Trinajstić information content (AvgIpc) is 2.73. The largest absolute Gasteiger partial charge is 0.481 e. The molecule has 98 valence electrons. The van der Waals surface area contributed by atoms with E-state index >= 15 is 0 Å². The van der Waals surface area contributed by atoms with Crippen molar-refractivity contribution in [2.75, 3.05) is 11.9 Å². The van der Waals surface area contributed by atoms with Crippen LogP contribution in [0, 0.1) is 18.8 Å². The van der Waals surface area contributed by atoms with Gasteiger partial charge < -0.3 is 15.4 Å². The van der Waals surface area contributed by atoms with Gasteiger partial charge in [-0.1, -0.05) is 6.42 Å². The molecule has 0 radical (unpaired) electrons. The highest BCUT2D eigenvalue weighted by molar-refractivity contribution is 5.70. The Morgan fingerprint density at radius 1 is 1.61 bits per heavy atom. The van der Waals surface area contributed by atoms with E-state index in [-0.39, 0.29) is 17.4 Å². The molecule has 1 aliphatic rings. The van der Waals surface area contributed by atoms with Gasteiger partial charge in [0.25, 0.3) is 5.56 Å². The van der Waals surface area contributed by atoms with Gasteiger partial charge in [-0.3, -0.25) is 9.59 Å². The van der Waals surface area contributed by atoms with Crippen LogP contribution in [-0.2, 0) is 4.79 Å². The highest BCUT2D eigenvalue weighted by atomic mass is 16.4. The molecule has 1 aromatic rings. The number of aromatic amines is 1. The summed E-state index contributed by atoms with van der Waals surface area (Å²) < 4.78 is 0. The number of H-pyrrole nitrogens is 1. The molecule has 1 heterocycles. The third-order valence-corrected chi connectivity index (χ3v) is 3.38. The summed E-state index contributed by atoms with van der Waals surface area (Å²) >= 11 is 0. The molecule has 0 spiro atoms. The molecule has 0 bridgehead atoms. The molecule has 18 heavy (non-hydrogen) atoms. The number of aliphatic carboxylic acids is 1. The van der Waals surface area contributed by atoms with Crippen molar-refractivity contribution < 1.29 is 9.90 Å². The predicted molar refractivity (Wildman–Crippen MR) is 66.6 cm³/mol. The normalized spacial score (nSPS) is 22.9. The Hall–Kier alpha value is -1.85. The maximum Gasteiger partial charge on any atom is 0.306 e. The number of carboxylic acid groups (broad SMARTS) is 1. The van der Waals surface area contributed by atoms with Gasteiger partial charge in [0.05, 0.1) is 5.92 Å². The van der Waals surface area contributed by atoms with Crippen LogP contribution in [0.5, 0.6) is 0 Å². The van der Waals surface area contributed by atoms with Crippen LogP contribution in [0.2, 0.25) is 0 Å². The van der Waals surface area contributed by atoms with Crippen molar-refractivity contribution in [3.05, 3.63) is 22.2 Å². The lowest BCUT2D eigenvalue weighted by Gasteiger charge is -2.16. The molecule has 0 aliphatic heterocycles. The first-order valence-corrected chi connectivity index (χ1v) is 6.11. The second kappa shape index (κ2) is 5.20. The summed E-state index contributed by atoms with van der Waals surface area (Å²) in [5, 5.41) is 12.1. The fourth-order valence-corrected chi connectivity index (χ4v) is 2.51. The maximum atomic E-state index is 11.3. The number of carbonyl (C=O) groups is 1. The van der Waals surface area contributed by atoms with Crippen molar-refractivity contribution in [3.8, 4) is 0 Å². The number of nitrogens with zero attached hydrogens (tertiary/aromatic N) is 1. The van der Waals surface area contributed by atoms with E-state index in [1.807, 2.05) is 0 Å². The number of rotatable bonds is 4. The van der Waals surface area contributed by atoms with E-state index in [4.69, 9.17) is 5.11 Å². The van der Waals surface area contributed by atoms with Crippen molar-refractivity contribution in [2.24, 2.45) is 11.8 Å². The smallest absolute Gasteiger partial charge is 0.306 e. The Kier molecular flexibility index (Phi) is 3.64. The minimum absolute atomic E-state index is 0.115. The summed E-state index contributed by atoms with van der Waals surface area (Å²) in [4.78, 5) is 29.0. The first-order valence-electron chi connectivity index (χ1n) is 6.11. The van der Waals surface area contributed by atoms with Gasteiger partial charge in [0.2, 0.25) is 0 Å². The van der Waals surface area contributed by atoms with Gasteiger partial charge in [-0.2, -0.15) is 0 Å². The van der Waals surface area contributed by atoms with E-state index in [9.17, 15) is 9.59 Å². The molecule has 0 aromatic carbocycles. The lowest BCUT2D eigenvalue weighted by Crippen LogP contribution is -2.25. The zero-order valence-corrected chi connectivity index (χ0v) is 10.3. The van der Waals surface area contributed by atoms with Gasteiger partial charge in [0.1, 0.15) is 11.6 Å².